The van der Waals surface area contributed by atoms with Gasteiger partial charge in [0.2, 0.25) is 0 Å². The van der Waals surface area contributed by atoms with E-state index in [1.54, 1.807) is 6.07 Å². The van der Waals surface area contributed by atoms with E-state index < -0.39 is 0 Å². The van der Waals surface area contributed by atoms with Crippen molar-refractivity contribution in [2.75, 3.05) is 5.32 Å². The summed E-state index contributed by atoms with van der Waals surface area (Å²) in [6.07, 6.45) is 5.41. The number of halogens is 1. The number of hydrogen-bond acceptors (Lipinski definition) is 3. The minimum absolute atomic E-state index is 0.0352. The normalized spacial score (nSPS) is 22.9. The molecule has 19 heavy (non-hydrogen) atoms. The van der Waals surface area contributed by atoms with Crippen LogP contribution in [0.25, 0.3) is 0 Å². The number of benzene rings is 1. The van der Waals surface area contributed by atoms with Crippen LogP contribution in [-0.4, -0.2) is 6.04 Å². The molecule has 0 heterocycles. The van der Waals surface area contributed by atoms with Crippen LogP contribution in [0.1, 0.15) is 37.7 Å². The highest BCUT2D eigenvalue weighted by molar-refractivity contribution is 9.10. The van der Waals surface area contributed by atoms with Gasteiger partial charge in [-0.25, -0.2) is 0 Å². The molecule has 0 amide bonds. The summed E-state index contributed by atoms with van der Waals surface area (Å²) in [6, 6.07) is 10.3. The van der Waals surface area contributed by atoms with Gasteiger partial charge in [0.25, 0.3) is 0 Å². The van der Waals surface area contributed by atoms with Crippen LogP contribution in [0, 0.1) is 28.6 Å². The molecule has 2 unspecified atom stereocenters. The first kappa shape index (κ1) is 13.9. The lowest BCUT2D eigenvalue weighted by atomic mass is 9.96. The van der Waals surface area contributed by atoms with Crippen molar-refractivity contribution in [3.8, 4) is 12.1 Å². The molecule has 3 nitrogen and oxygen atoms in total. The van der Waals surface area contributed by atoms with Gasteiger partial charge in [0.1, 0.15) is 6.07 Å². The van der Waals surface area contributed by atoms with Crippen LogP contribution in [0.4, 0.5) is 5.69 Å². The molecule has 1 fully saturated rings. The molecule has 1 aromatic rings. The van der Waals surface area contributed by atoms with Gasteiger partial charge >= 0.3 is 0 Å². The van der Waals surface area contributed by atoms with Gasteiger partial charge in [-0.1, -0.05) is 35.2 Å². The second-order valence-electron chi connectivity index (χ2n) is 4.93. The Bertz CT molecular complexity index is 527. The van der Waals surface area contributed by atoms with Crippen molar-refractivity contribution >= 4 is 21.6 Å². The lowest BCUT2D eigenvalue weighted by Gasteiger charge is -2.22. The molecular weight excluding hydrogens is 302 g/mol. The van der Waals surface area contributed by atoms with Gasteiger partial charge in [0.15, 0.2) is 0 Å². The number of hydrogen-bond donors (Lipinski definition) is 1. The van der Waals surface area contributed by atoms with Crippen LogP contribution >= 0.6 is 15.9 Å². The summed E-state index contributed by atoms with van der Waals surface area (Å²) in [5.41, 5.74) is 1.45. The highest BCUT2D eigenvalue weighted by Gasteiger charge is 2.24. The second kappa shape index (κ2) is 6.59. The van der Waals surface area contributed by atoms with Crippen LogP contribution < -0.4 is 5.32 Å². The number of nitrogens with zero attached hydrogens (tertiary/aromatic N) is 2. The van der Waals surface area contributed by atoms with Crippen molar-refractivity contribution in [1.29, 1.82) is 10.5 Å². The highest BCUT2D eigenvalue weighted by Crippen LogP contribution is 2.28. The van der Waals surface area contributed by atoms with Gasteiger partial charge in [-0.15, -0.1) is 0 Å². The summed E-state index contributed by atoms with van der Waals surface area (Å²) in [5.74, 6) is 0.0352. The monoisotopic (exact) mass is 317 g/mol. The van der Waals surface area contributed by atoms with Crippen molar-refractivity contribution in [3.63, 3.8) is 0 Å². The lowest BCUT2D eigenvalue weighted by Crippen LogP contribution is -2.27. The van der Waals surface area contributed by atoms with E-state index in [2.05, 4.69) is 33.4 Å². The molecule has 2 rings (SSSR count). The van der Waals surface area contributed by atoms with Crippen molar-refractivity contribution in [3.05, 3.63) is 28.2 Å². The van der Waals surface area contributed by atoms with E-state index in [1.807, 2.05) is 12.1 Å². The first-order valence-corrected chi connectivity index (χ1v) is 7.39. The minimum atomic E-state index is 0.0352. The average molecular weight is 318 g/mol. The van der Waals surface area contributed by atoms with E-state index in [0.29, 0.717) is 5.56 Å². The third-order valence-corrected chi connectivity index (χ3v) is 4.12. The summed E-state index contributed by atoms with van der Waals surface area (Å²) in [5, 5.41) is 21.8. The van der Waals surface area contributed by atoms with Crippen molar-refractivity contribution in [2.45, 2.75) is 38.1 Å². The molecular formula is C15H16BrN3. The number of anilines is 1. The molecule has 4 heteroatoms. The second-order valence-corrected chi connectivity index (χ2v) is 5.84. The Labute approximate surface area is 122 Å². The van der Waals surface area contributed by atoms with Gasteiger partial charge in [0, 0.05) is 10.5 Å². The van der Waals surface area contributed by atoms with Crippen molar-refractivity contribution < 1.29 is 0 Å². The predicted molar refractivity (Wildman–Crippen MR) is 78.5 cm³/mol. The van der Waals surface area contributed by atoms with E-state index in [1.165, 1.54) is 6.42 Å². The quantitative estimate of drug-likeness (QED) is 0.831. The maximum Gasteiger partial charge on any atom is 0.101 e. The molecule has 2 atom stereocenters. The van der Waals surface area contributed by atoms with Crippen LogP contribution in [0.15, 0.2) is 22.7 Å². The highest BCUT2D eigenvalue weighted by atomic mass is 79.9. The number of nitrogens with one attached hydrogen (secondary N) is 1. The van der Waals surface area contributed by atoms with Crippen molar-refractivity contribution in [1.82, 2.24) is 0 Å². The third-order valence-electron chi connectivity index (χ3n) is 3.62. The number of nitriles is 2. The molecule has 0 saturated heterocycles. The maximum absolute atomic E-state index is 9.28. The molecule has 1 aromatic carbocycles. The van der Waals surface area contributed by atoms with Gasteiger partial charge < -0.3 is 5.32 Å². The van der Waals surface area contributed by atoms with Gasteiger partial charge in [-0.2, -0.15) is 10.5 Å². The van der Waals surface area contributed by atoms with Gasteiger partial charge in [-0.3, -0.25) is 0 Å². The maximum atomic E-state index is 9.28. The topological polar surface area (TPSA) is 59.6 Å². The van der Waals surface area contributed by atoms with Crippen LogP contribution in [0.2, 0.25) is 0 Å². The Kier molecular flexibility index (Phi) is 4.82. The van der Waals surface area contributed by atoms with Gasteiger partial charge in [0.05, 0.1) is 23.2 Å². The smallest absolute Gasteiger partial charge is 0.101 e. The van der Waals surface area contributed by atoms with Crippen LogP contribution in [0.3, 0.4) is 0 Å². The zero-order valence-electron chi connectivity index (χ0n) is 10.7. The number of rotatable bonds is 2. The molecule has 1 aliphatic rings. The van der Waals surface area contributed by atoms with Crippen LogP contribution in [0.5, 0.6) is 0 Å². The van der Waals surface area contributed by atoms with E-state index in [9.17, 15) is 5.26 Å². The summed E-state index contributed by atoms with van der Waals surface area (Å²) >= 11 is 3.42. The first-order chi connectivity index (χ1) is 9.24. The molecule has 98 valence electrons. The summed E-state index contributed by atoms with van der Waals surface area (Å²) in [7, 11) is 0. The zero-order valence-corrected chi connectivity index (χ0v) is 12.3. The van der Waals surface area contributed by atoms with E-state index in [-0.39, 0.29) is 12.0 Å². The van der Waals surface area contributed by atoms with E-state index in [0.717, 1.165) is 35.8 Å². The Morgan fingerprint density at radius 3 is 2.68 bits per heavy atom. The molecule has 0 spiro atoms. The Morgan fingerprint density at radius 2 is 1.95 bits per heavy atom. The molecule has 1 aliphatic carbocycles. The Hall–Kier alpha value is -1.52. The van der Waals surface area contributed by atoms with Gasteiger partial charge in [-0.05, 0) is 31.0 Å². The first-order valence-electron chi connectivity index (χ1n) is 6.60. The van der Waals surface area contributed by atoms with Crippen molar-refractivity contribution in [2.24, 2.45) is 5.92 Å². The molecule has 1 saturated carbocycles. The molecule has 0 bridgehead atoms. The minimum Gasteiger partial charge on any atom is -0.380 e. The molecule has 0 radical (unpaired) electrons. The SMILES string of the molecule is N#Cc1ccc(Br)cc1NC1CCCCCC1C#N. The summed E-state index contributed by atoms with van der Waals surface area (Å²) in [6.45, 7) is 0. The summed E-state index contributed by atoms with van der Waals surface area (Å²) < 4.78 is 0.941. The molecule has 0 aliphatic heterocycles. The van der Waals surface area contributed by atoms with E-state index >= 15 is 0 Å². The summed E-state index contributed by atoms with van der Waals surface area (Å²) in [4.78, 5) is 0. The fourth-order valence-electron chi connectivity index (χ4n) is 2.57. The Balaban J connectivity index is 2.21. The lowest BCUT2D eigenvalue weighted by molar-refractivity contribution is 0.514. The fourth-order valence-corrected chi connectivity index (χ4v) is 2.93. The van der Waals surface area contributed by atoms with E-state index in [4.69, 9.17) is 5.26 Å². The Morgan fingerprint density at radius 1 is 1.16 bits per heavy atom. The standard InChI is InChI=1S/C15H16BrN3/c16-13-7-6-12(10-18)15(8-13)19-14-5-3-1-2-4-11(14)9-17/h6-8,11,14,19H,1-5H2. The zero-order chi connectivity index (χ0) is 13.7. The average Bonchev–Trinajstić information content (AvgIpc) is 2.64. The van der Waals surface area contributed by atoms with Crippen LogP contribution in [-0.2, 0) is 0 Å². The fraction of sp³-hybridized carbons (Fsp3) is 0.467. The molecule has 0 aromatic heterocycles. The predicted octanol–water partition coefficient (Wildman–Crippen LogP) is 4.21. The largest absolute Gasteiger partial charge is 0.380 e. The molecule has 1 N–H and O–H groups in total. The third kappa shape index (κ3) is 3.49.